The molecule has 2 fully saturated rings. The fourth-order valence-electron chi connectivity index (χ4n) is 3.56. The van der Waals surface area contributed by atoms with Crippen LogP contribution in [0.5, 0.6) is 0 Å². The molecule has 112 valence electrons. The van der Waals surface area contributed by atoms with E-state index in [0.29, 0.717) is 11.8 Å². The number of aromatic nitrogens is 3. The molecule has 0 spiro atoms. The van der Waals surface area contributed by atoms with Crippen LogP contribution in [0.25, 0.3) is 11.2 Å². The maximum atomic E-state index is 5.45. The van der Waals surface area contributed by atoms with E-state index in [0.717, 1.165) is 56.0 Å². The second kappa shape index (κ2) is 5.73. The highest BCUT2D eigenvalue weighted by Crippen LogP contribution is 2.32. The summed E-state index contributed by atoms with van der Waals surface area (Å²) in [6.07, 6.45) is 8.57. The minimum atomic E-state index is 0.506. The first-order valence-corrected chi connectivity index (χ1v) is 8.04. The first kappa shape index (κ1) is 13.2. The van der Waals surface area contributed by atoms with E-state index in [1.807, 2.05) is 6.20 Å². The van der Waals surface area contributed by atoms with Crippen LogP contribution in [0.2, 0.25) is 0 Å². The van der Waals surface area contributed by atoms with Gasteiger partial charge >= 0.3 is 0 Å². The van der Waals surface area contributed by atoms with E-state index in [-0.39, 0.29) is 0 Å². The van der Waals surface area contributed by atoms with Crippen LogP contribution in [-0.4, -0.2) is 41.3 Å². The van der Waals surface area contributed by atoms with Gasteiger partial charge in [0, 0.05) is 30.9 Å². The number of nitrogens with zero attached hydrogens (tertiary/aromatic N) is 2. The van der Waals surface area contributed by atoms with E-state index in [2.05, 4.69) is 21.5 Å². The van der Waals surface area contributed by atoms with E-state index < -0.39 is 0 Å². The van der Waals surface area contributed by atoms with Gasteiger partial charge in [0.2, 0.25) is 0 Å². The monoisotopic (exact) mass is 286 g/mol. The first-order valence-electron chi connectivity index (χ1n) is 8.04. The summed E-state index contributed by atoms with van der Waals surface area (Å²) in [7, 11) is 0. The van der Waals surface area contributed by atoms with E-state index in [1.54, 1.807) is 0 Å². The molecule has 4 heterocycles. The number of hydrogen-bond acceptors (Lipinski definition) is 4. The van der Waals surface area contributed by atoms with Gasteiger partial charge in [-0.15, -0.1) is 0 Å². The van der Waals surface area contributed by atoms with Gasteiger partial charge in [-0.1, -0.05) is 0 Å². The standard InChI is InChI=1S/C16H22N4O/c1-5-17-6-2-11(1)13-9-18-16-15(13)20-14(10-19-16)12-3-7-21-8-4-12/h9-12,17H,1-8H2,(H,18,19). The number of nitrogens with one attached hydrogen (secondary N) is 2. The quantitative estimate of drug-likeness (QED) is 0.889. The van der Waals surface area contributed by atoms with Crippen molar-refractivity contribution in [2.45, 2.75) is 37.5 Å². The Kier molecular flexibility index (Phi) is 3.61. The summed E-state index contributed by atoms with van der Waals surface area (Å²) >= 11 is 0. The summed E-state index contributed by atoms with van der Waals surface area (Å²) in [6.45, 7) is 3.90. The molecule has 0 saturated carbocycles. The number of H-pyrrole nitrogens is 1. The lowest BCUT2D eigenvalue weighted by molar-refractivity contribution is 0.0845. The first-order chi connectivity index (χ1) is 10.4. The maximum absolute atomic E-state index is 5.45. The Morgan fingerprint density at radius 1 is 1.05 bits per heavy atom. The number of ether oxygens (including phenoxy) is 1. The molecule has 0 amide bonds. The second-order valence-electron chi connectivity index (χ2n) is 6.15. The van der Waals surface area contributed by atoms with Crippen molar-refractivity contribution in [3.63, 3.8) is 0 Å². The third-order valence-electron chi connectivity index (χ3n) is 4.85. The van der Waals surface area contributed by atoms with Gasteiger partial charge in [0.25, 0.3) is 0 Å². The molecule has 2 saturated heterocycles. The number of fused-ring (bicyclic) bond motifs is 1. The van der Waals surface area contributed by atoms with Crippen LogP contribution in [0, 0.1) is 0 Å². The summed E-state index contributed by atoms with van der Waals surface area (Å²) in [5, 5.41) is 3.43. The fraction of sp³-hybridized carbons (Fsp3) is 0.625. The highest BCUT2D eigenvalue weighted by atomic mass is 16.5. The van der Waals surface area contributed by atoms with Gasteiger partial charge in [-0.25, -0.2) is 9.97 Å². The molecule has 0 atom stereocenters. The summed E-state index contributed by atoms with van der Waals surface area (Å²) in [6, 6.07) is 0. The van der Waals surface area contributed by atoms with Crippen LogP contribution in [0.4, 0.5) is 0 Å². The molecule has 2 aliphatic rings. The van der Waals surface area contributed by atoms with Gasteiger partial charge in [-0.05, 0) is 44.7 Å². The van der Waals surface area contributed by atoms with Gasteiger partial charge in [0.05, 0.1) is 11.9 Å². The molecule has 0 aliphatic carbocycles. The van der Waals surface area contributed by atoms with Crippen LogP contribution in [0.1, 0.15) is 48.8 Å². The van der Waals surface area contributed by atoms with Crippen LogP contribution in [0.3, 0.4) is 0 Å². The third kappa shape index (κ3) is 2.56. The van der Waals surface area contributed by atoms with E-state index in [9.17, 15) is 0 Å². The molecule has 2 N–H and O–H groups in total. The predicted octanol–water partition coefficient (Wildman–Crippen LogP) is 2.32. The lowest BCUT2D eigenvalue weighted by Crippen LogP contribution is -2.26. The van der Waals surface area contributed by atoms with E-state index >= 15 is 0 Å². The van der Waals surface area contributed by atoms with Crippen molar-refractivity contribution in [1.82, 2.24) is 20.3 Å². The van der Waals surface area contributed by atoms with Gasteiger partial charge in [0.15, 0.2) is 5.65 Å². The summed E-state index contributed by atoms with van der Waals surface area (Å²) < 4.78 is 5.45. The Morgan fingerprint density at radius 3 is 2.67 bits per heavy atom. The molecule has 0 radical (unpaired) electrons. The topological polar surface area (TPSA) is 62.8 Å². The lowest BCUT2D eigenvalue weighted by Gasteiger charge is -2.23. The minimum Gasteiger partial charge on any atom is -0.381 e. The normalized spacial score (nSPS) is 21.9. The Balaban J connectivity index is 1.68. The molecular weight excluding hydrogens is 264 g/mol. The zero-order chi connectivity index (χ0) is 14.1. The van der Waals surface area contributed by atoms with E-state index in [1.165, 1.54) is 18.4 Å². The summed E-state index contributed by atoms with van der Waals surface area (Å²) in [5.41, 5.74) is 4.51. The summed E-state index contributed by atoms with van der Waals surface area (Å²) in [4.78, 5) is 12.9. The van der Waals surface area contributed by atoms with Crippen molar-refractivity contribution >= 4 is 11.2 Å². The molecule has 2 aliphatic heterocycles. The Morgan fingerprint density at radius 2 is 1.86 bits per heavy atom. The lowest BCUT2D eigenvalue weighted by atomic mass is 9.91. The van der Waals surface area contributed by atoms with Crippen LogP contribution >= 0.6 is 0 Å². The van der Waals surface area contributed by atoms with Crippen molar-refractivity contribution in [2.24, 2.45) is 0 Å². The number of hydrogen-bond donors (Lipinski definition) is 2. The predicted molar refractivity (Wildman–Crippen MR) is 81.5 cm³/mol. The zero-order valence-corrected chi connectivity index (χ0v) is 12.3. The molecule has 2 aromatic heterocycles. The minimum absolute atomic E-state index is 0.506. The van der Waals surface area contributed by atoms with Gasteiger partial charge in [-0.3, -0.25) is 0 Å². The van der Waals surface area contributed by atoms with Gasteiger partial charge in [-0.2, -0.15) is 0 Å². The van der Waals surface area contributed by atoms with Crippen molar-refractivity contribution < 1.29 is 4.74 Å². The van der Waals surface area contributed by atoms with Gasteiger partial charge < -0.3 is 15.0 Å². The van der Waals surface area contributed by atoms with Crippen molar-refractivity contribution in [1.29, 1.82) is 0 Å². The van der Waals surface area contributed by atoms with E-state index in [4.69, 9.17) is 9.72 Å². The maximum Gasteiger partial charge on any atom is 0.156 e. The molecule has 4 rings (SSSR count). The van der Waals surface area contributed by atoms with Crippen molar-refractivity contribution in [3.8, 4) is 0 Å². The van der Waals surface area contributed by atoms with Crippen molar-refractivity contribution in [3.05, 3.63) is 23.7 Å². The average Bonchev–Trinajstić information content (AvgIpc) is 2.99. The SMILES string of the molecule is c1nc2[nH]cc(C3CCNCC3)c2nc1C1CCOCC1. The van der Waals surface area contributed by atoms with Crippen molar-refractivity contribution in [2.75, 3.05) is 26.3 Å². The molecule has 21 heavy (non-hydrogen) atoms. The third-order valence-corrected chi connectivity index (χ3v) is 4.85. The van der Waals surface area contributed by atoms with Gasteiger partial charge in [0.1, 0.15) is 5.52 Å². The Hall–Kier alpha value is -1.46. The number of rotatable bonds is 2. The number of aromatic amines is 1. The molecule has 5 nitrogen and oxygen atoms in total. The average molecular weight is 286 g/mol. The number of piperidine rings is 1. The zero-order valence-electron chi connectivity index (χ0n) is 12.3. The van der Waals surface area contributed by atoms with Crippen LogP contribution < -0.4 is 5.32 Å². The molecular formula is C16H22N4O. The highest BCUT2D eigenvalue weighted by molar-refractivity contribution is 5.75. The Bertz CT molecular complexity index is 612. The molecule has 2 aromatic rings. The summed E-state index contributed by atoms with van der Waals surface area (Å²) in [5.74, 6) is 1.12. The highest BCUT2D eigenvalue weighted by Gasteiger charge is 2.22. The molecule has 0 bridgehead atoms. The van der Waals surface area contributed by atoms with Crippen LogP contribution in [0.15, 0.2) is 12.4 Å². The molecule has 5 heteroatoms. The fourth-order valence-corrected chi connectivity index (χ4v) is 3.56. The van der Waals surface area contributed by atoms with Crippen LogP contribution in [-0.2, 0) is 4.74 Å². The smallest absolute Gasteiger partial charge is 0.156 e. The molecule has 0 aromatic carbocycles. The molecule has 0 unspecified atom stereocenters. The Labute approximate surface area is 124 Å². The second-order valence-corrected chi connectivity index (χ2v) is 6.15. The largest absolute Gasteiger partial charge is 0.381 e.